The fraction of sp³-hybridized carbons (Fsp3) is 0.143. The summed E-state index contributed by atoms with van der Waals surface area (Å²) in [6.07, 6.45) is 4.90. The second-order valence-electron chi connectivity index (χ2n) is 13.1. The second-order valence-corrected chi connectivity index (χ2v) is 15.7. The van der Waals surface area contributed by atoms with Crippen LogP contribution in [0.4, 0.5) is 8.78 Å². The van der Waals surface area contributed by atoms with E-state index in [1.165, 1.54) is 23.5 Å². The lowest BCUT2D eigenvalue weighted by atomic mass is 9.85. The Bertz CT molecular complexity index is 2190. The van der Waals surface area contributed by atoms with Crippen LogP contribution in [0.25, 0.3) is 32.7 Å². The maximum atomic E-state index is 14.4. The van der Waals surface area contributed by atoms with E-state index in [0.717, 1.165) is 43.6 Å². The van der Waals surface area contributed by atoms with Gasteiger partial charge in [-0.05, 0) is 81.4 Å². The molecule has 264 valence electrons. The maximum absolute atomic E-state index is 14.4. The van der Waals surface area contributed by atoms with Gasteiger partial charge in [0.05, 0.1) is 0 Å². The molecule has 0 saturated carbocycles. The normalized spacial score (nSPS) is 12.6. The SMILES string of the molecule is CC(C)(C)c1scc(-c2ccc(F)cc2F)c1C(O)c1cccnc1.OC(c1cccnc1)c1c(-c2ccc(Cl)cc2)csc1-c1ccc(Cl)cc1. The smallest absolute Gasteiger partial charge is 0.133 e. The zero-order chi connectivity index (χ0) is 37.0. The molecule has 0 amide bonds. The summed E-state index contributed by atoms with van der Waals surface area (Å²) in [5.74, 6) is -1.26. The number of aliphatic hydroxyl groups excluding tert-OH is 2. The first-order valence-electron chi connectivity index (χ1n) is 16.3. The summed E-state index contributed by atoms with van der Waals surface area (Å²) in [4.78, 5) is 10.2. The van der Waals surface area contributed by atoms with Gasteiger partial charge in [0.2, 0.25) is 0 Å². The number of nitrogens with zero attached hydrogens (tertiary/aromatic N) is 2. The third-order valence-corrected chi connectivity index (χ3v) is 11.3. The quantitative estimate of drug-likeness (QED) is 0.169. The molecule has 4 nitrogen and oxygen atoms in total. The van der Waals surface area contributed by atoms with Crippen LogP contribution >= 0.6 is 45.9 Å². The molecule has 7 aromatic rings. The van der Waals surface area contributed by atoms with Gasteiger partial charge < -0.3 is 10.2 Å². The lowest BCUT2D eigenvalue weighted by Gasteiger charge is -2.23. The van der Waals surface area contributed by atoms with Crippen molar-refractivity contribution in [2.24, 2.45) is 0 Å². The summed E-state index contributed by atoms with van der Waals surface area (Å²) in [5.41, 5.74) is 6.55. The highest BCUT2D eigenvalue weighted by atomic mass is 35.5. The average Bonchev–Trinajstić information content (AvgIpc) is 3.79. The van der Waals surface area contributed by atoms with E-state index in [1.807, 2.05) is 86.8 Å². The van der Waals surface area contributed by atoms with Crippen LogP contribution in [0, 0.1) is 11.6 Å². The van der Waals surface area contributed by atoms with Crippen molar-refractivity contribution in [1.29, 1.82) is 0 Å². The molecule has 0 saturated heterocycles. The molecule has 10 heteroatoms. The van der Waals surface area contributed by atoms with Gasteiger partial charge in [-0.15, -0.1) is 22.7 Å². The van der Waals surface area contributed by atoms with Crippen molar-refractivity contribution in [3.05, 3.63) is 175 Å². The molecule has 4 heterocycles. The number of benzene rings is 3. The summed E-state index contributed by atoms with van der Waals surface area (Å²) in [6, 6.07) is 26.1. The molecule has 7 rings (SSSR count). The molecular weight excluding hydrogens is 738 g/mol. The van der Waals surface area contributed by atoms with Gasteiger partial charge in [0, 0.05) is 84.0 Å². The summed E-state index contributed by atoms with van der Waals surface area (Å²) >= 11 is 15.2. The third-order valence-electron chi connectivity index (χ3n) is 8.37. The molecule has 0 bridgehead atoms. The molecule has 2 unspecified atom stereocenters. The maximum Gasteiger partial charge on any atom is 0.133 e. The first-order valence-corrected chi connectivity index (χ1v) is 18.8. The minimum absolute atomic E-state index is 0.224. The van der Waals surface area contributed by atoms with Crippen molar-refractivity contribution < 1.29 is 19.0 Å². The van der Waals surface area contributed by atoms with E-state index in [1.54, 1.807) is 48.3 Å². The first-order chi connectivity index (χ1) is 24.9. The number of aliphatic hydroxyl groups is 2. The molecule has 0 fully saturated rings. The van der Waals surface area contributed by atoms with Gasteiger partial charge in [0.15, 0.2) is 0 Å². The van der Waals surface area contributed by atoms with Crippen LogP contribution in [-0.2, 0) is 5.41 Å². The number of rotatable bonds is 7. The van der Waals surface area contributed by atoms with Crippen molar-refractivity contribution in [2.75, 3.05) is 0 Å². The van der Waals surface area contributed by atoms with Gasteiger partial charge in [-0.25, -0.2) is 8.78 Å². The fourth-order valence-electron chi connectivity index (χ4n) is 5.86. The molecule has 0 aliphatic rings. The van der Waals surface area contributed by atoms with Crippen molar-refractivity contribution in [3.63, 3.8) is 0 Å². The number of pyridine rings is 2. The van der Waals surface area contributed by atoms with E-state index in [9.17, 15) is 19.0 Å². The largest absolute Gasteiger partial charge is 0.384 e. The zero-order valence-corrected chi connectivity index (χ0v) is 31.5. The highest BCUT2D eigenvalue weighted by molar-refractivity contribution is 7.14. The molecule has 3 aromatic carbocycles. The molecule has 0 radical (unpaired) electrons. The Hall–Kier alpha value is -4.28. The third kappa shape index (κ3) is 8.34. The van der Waals surface area contributed by atoms with Gasteiger partial charge in [0.25, 0.3) is 0 Å². The Kier molecular flexibility index (Phi) is 11.7. The van der Waals surface area contributed by atoms with Crippen LogP contribution in [0.2, 0.25) is 10.0 Å². The zero-order valence-electron chi connectivity index (χ0n) is 28.4. The summed E-state index contributed by atoms with van der Waals surface area (Å²) in [5, 5.41) is 27.4. The fourth-order valence-corrected chi connectivity index (χ4v) is 8.42. The van der Waals surface area contributed by atoms with Crippen molar-refractivity contribution in [1.82, 2.24) is 9.97 Å². The first kappa shape index (κ1) is 37.5. The van der Waals surface area contributed by atoms with Gasteiger partial charge in [-0.1, -0.05) is 80.4 Å². The van der Waals surface area contributed by atoms with Crippen molar-refractivity contribution in [3.8, 4) is 32.7 Å². The van der Waals surface area contributed by atoms with E-state index in [-0.39, 0.29) is 11.0 Å². The summed E-state index contributed by atoms with van der Waals surface area (Å²) in [7, 11) is 0. The van der Waals surface area contributed by atoms with E-state index in [0.29, 0.717) is 26.7 Å². The van der Waals surface area contributed by atoms with Crippen LogP contribution in [-0.4, -0.2) is 20.2 Å². The Morgan fingerprint density at radius 2 is 1.17 bits per heavy atom. The van der Waals surface area contributed by atoms with Gasteiger partial charge >= 0.3 is 0 Å². The van der Waals surface area contributed by atoms with E-state index in [2.05, 4.69) is 15.3 Å². The number of thiophene rings is 2. The highest BCUT2D eigenvalue weighted by Gasteiger charge is 2.29. The highest BCUT2D eigenvalue weighted by Crippen LogP contribution is 2.45. The minimum Gasteiger partial charge on any atom is -0.384 e. The molecule has 4 aromatic heterocycles. The van der Waals surface area contributed by atoms with E-state index < -0.39 is 23.8 Å². The van der Waals surface area contributed by atoms with E-state index >= 15 is 0 Å². The number of hydrogen-bond donors (Lipinski definition) is 2. The number of aromatic nitrogens is 2. The summed E-state index contributed by atoms with van der Waals surface area (Å²) in [6.45, 7) is 6.13. The summed E-state index contributed by atoms with van der Waals surface area (Å²) < 4.78 is 27.6. The van der Waals surface area contributed by atoms with Crippen LogP contribution in [0.1, 0.15) is 60.1 Å². The monoisotopic (exact) mass is 770 g/mol. The van der Waals surface area contributed by atoms with Crippen molar-refractivity contribution >= 4 is 45.9 Å². The topological polar surface area (TPSA) is 66.2 Å². The Balaban J connectivity index is 0.000000179. The van der Waals surface area contributed by atoms with Crippen LogP contribution in [0.5, 0.6) is 0 Å². The molecule has 0 aliphatic heterocycles. The number of halogens is 4. The molecular formula is C42H34Cl2F2N2O2S2. The second kappa shape index (κ2) is 16.2. The van der Waals surface area contributed by atoms with Gasteiger partial charge in [-0.3, -0.25) is 9.97 Å². The molecule has 0 aliphatic carbocycles. The van der Waals surface area contributed by atoms with Crippen molar-refractivity contribution in [2.45, 2.75) is 38.4 Å². The number of hydrogen-bond acceptors (Lipinski definition) is 6. The predicted octanol–water partition coefficient (Wildman–Crippen LogP) is 12.3. The average molecular weight is 772 g/mol. The minimum atomic E-state index is -0.936. The molecule has 52 heavy (non-hydrogen) atoms. The Labute approximate surface area is 319 Å². The Morgan fingerprint density at radius 3 is 1.69 bits per heavy atom. The lowest BCUT2D eigenvalue weighted by molar-refractivity contribution is 0.218. The van der Waals surface area contributed by atoms with Crippen LogP contribution < -0.4 is 0 Å². The predicted molar refractivity (Wildman–Crippen MR) is 210 cm³/mol. The van der Waals surface area contributed by atoms with Crippen LogP contribution in [0.3, 0.4) is 0 Å². The van der Waals surface area contributed by atoms with Gasteiger partial charge in [-0.2, -0.15) is 0 Å². The van der Waals surface area contributed by atoms with E-state index in [4.69, 9.17) is 23.2 Å². The molecule has 0 spiro atoms. The Morgan fingerprint density at radius 1 is 0.635 bits per heavy atom. The van der Waals surface area contributed by atoms with Crippen LogP contribution in [0.15, 0.2) is 127 Å². The van der Waals surface area contributed by atoms with Gasteiger partial charge in [0.1, 0.15) is 23.8 Å². The molecule has 2 atom stereocenters. The molecule has 2 N–H and O–H groups in total. The standard InChI is InChI=1S/C22H15Cl2NOS.C20H19F2NOS/c23-17-7-3-14(4-8-17)19-13-27-22(15-5-9-18(24)10-6-15)20(19)21(26)16-2-1-11-25-12-16;1-20(2,3)19-17(18(24)12-5-4-8-23-10-12)15(11-25-19)14-7-6-13(21)9-16(14)22/h1-13,21,26H;4-11,18,24H,1-3H3. The lowest BCUT2D eigenvalue weighted by Crippen LogP contribution is -2.14.